The van der Waals surface area contributed by atoms with Crippen molar-refractivity contribution in [1.29, 1.82) is 0 Å². The highest BCUT2D eigenvalue weighted by Crippen LogP contribution is 2.21. The lowest BCUT2D eigenvalue weighted by molar-refractivity contribution is -0.142. The number of hydrogen-bond acceptors (Lipinski definition) is 8. The summed E-state index contributed by atoms with van der Waals surface area (Å²) in [7, 11) is 0. The fraction of sp³-hybridized carbons (Fsp3) is 0.226. The second-order valence-corrected chi connectivity index (χ2v) is 16.4. The Hall–Kier alpha value is -8.13. The minimum absolute atomic E-state index is 0.00963. The Labute approximate surface area is 388 Å². The van der Waals surface area contributed by atoms with Crippen LogP contribution in [0.1, 0.15) is 34.2 Å². The number of pyridine rings is 1. The molecule has 342 valence electrons. The molecule has 0 saturated heterocycles. The van der Waals surface area contributed by atoms with Crippen molar-refractivity contribution in [3.8, 4) is 16.9 Å². The number of nitrogens with zero attached hydrogens (tertiary/aromatic N) is 1. The Morgan fingerprint density at radius 3 is 1.76 bits per heavy atom. The molecule has 0 unspecified atom stereocenters. The van der Waals surface area contributed by atoms with E-state index < -0.39 is 72.3 Å². The van der Waals surface area contributed by atoms with Gasteiger partial charge in [-0.15, -0.1) is 0 Å². The maximum absolute atomic E-state index is 14.7. The number of carbonyl (C=O) groups is 6. The smallest absolute Gasteiger partial charge is 0.326 e. The molecule has 67 heavy (non-hydrogen) atoms. The number of fused-ring (bicyclic) bond motifs is 16. The van der Waals surface area contributed by atoms with E-state index in [4.69, 9.17) is 4.74 Å². The summed E-state index contributed by atoms with van der Waals surface area (Å²) in [6.45, 7) is -0.445. The number of aromatic nitrogens is 1. The van der Waals surface area contributed by atoms with Crippen LogP contribution in [-0.4, -0.2) is 82.4 Å². The van der Waals surface area contributed by atoms with Gasteiger partial charge in [-0.25, -0.2) is 4.79 Å². The minimum Gasteiger partial charge on any atom is -0.484 e. The van der Waals surface area contributed by atoms with E-state index in [0.29, 0.717) is 34.4 Å². The molecule has 0 saturated carbocycles. The summed E-state index contributed by atoms with van der Waals surface area (Å²) >= 11 is 0. The van der Waals surface area contributed by atoms with Gasteiger partial charge in [0.15, 0.2) is 6.61 Å². The van der Waals surface area contributed by atoms with Gasteiger partial charge in [0.05, 0.1) is 0 Å². The number of nitrogens with one attached hydrogen (secondary N) is 5. The minimum atomic E-state index is -1.33. The quantitative estimate of drug-likeness (QED) is 0.0899. The van der Waals surface area contributed by atoms with Crippen molar-refractivity contribution in [1.82, 2.24) is 31.6 Å². The lowest BCUT2D eigenvalue weighted by Crippen LogP contribution is -2.60. The van der Waals surface area contributed by atoms with Crippen LogP contribution >= 0.6 is 0 Å². The third-order valence-electron chi connectivity index (χ3n) is 11.4. The second-order valence-electron chi connectivity index (χ2n) is 16.4. The average molecular weight is 901 g/mol. The second kappa shape index (κ2) is 23.2. The van der Waals surface area contributed by atoms with Crippen molar-refractivity contribution in [3.05, 3.63) is 192 Å². The van der Waals surface area contributed by atoms with Gasteiger partial charge in [0.1, 0.15) is 36.0 Å². The van der Waals surface area contributed by atoms with Crippen LogP contribution in [0.4, 0.5) is 0 Å². The first-order valence-corrected chi connectivity index (χ1v) is 22.1. The number of ether oxygens (including phenoxy) is 1. The molecule has 0 aliphatic carbocycles. The molecule has 14 heteroatoms. The summed E-state index contributed by atoms with van der Waals surface area (Å²) < 4.78 is 5.80. The largest absolute Gasteiger partial charge is 0.484 e. The van der Waals surface area contributed by atoms with Crippen LogP contribution in [0.3, 0.4) is 0 Å². The van der Waals surface area contributed by atoms with Gasteiger partial charge in [-0.3, -0.25) is 29.0 Å². The Kier molecular flexibility index (Phi) is 16.2. The molecule has 2 bridgehead atoms. The van der Waals surface area contributed by atoms with Gasteiger partial charge < -0.3 is 36.4 Å². The molecule has 0 spiro atoms. The van der Waals surface area contributed by atoms with Gasteiger partial charge in [-0.2, -0.15) is 0 Å². The zero-order chi connectivity index (χ0) is 47.0. The first-order valence-electron chi connectivity index (χ1n) is 22.1. The van der Waals surface area contributed by atoms with Crippen molar-refractivity contribution in [2.24, 2.45) is 0 Å². The van der Waals surface area contributed by atoms with Crippen LogP contribution in [0, 0.1) is 0 Å². The molecule has 14 nitrogen and oxygen atoms in total. The van der Waals surface area contributed by atoms with E-state index in [9.17, 15) is 33.9 Å². The number of aliphatic carboxylic acids is 1. The van der Waals surface area contributed by atoms with E-state index in [-0.39, 0.29) is 32.1 Å². The summed E-state index contributed by atoms with van der Waals surface area (Å²) in [4.78, 5) is 87.9. The van der Waals surface area contributed by atoms with E-state index >= 15 is 0 Å². The molecule has 2 aliphatic heterocycles. The zero-order valence-electron chi connectivity index (χ0n) is 36.7. The van der Waals surface area contributed by atoms with Gasteiger partial charge in [0.2, 0.25) is 23.6 Å². The molecular weight excluding hydrogens is 849 g/mol. The molecule has 8 rings (SSSR count). The van der Waals surface area contributed by atoms with Crippen LogP contribution in [0.15, 0.2) is 164 Å². The highest BCUT2D eigenvalue weighted by Gasteiger charge is 2.33. The van der Waals surface area contributed by atoms with E-state index in [1.807, 2.05) is 84.9 Å². The fourth-order valence-corrected chi connectivity index (χ4v) is 7.79. The molecule has 5 aromatic carbocycles. The number of amides is 5. The Morgan fingerprint density at radius 2 is 1.13 bits per heavy atom. The maximum Gasteiger partial charge on any atom is 0.326 e. The molecule has 3 heterocycles. The van der Waals surface area contributed by atoms with Crippen LogP contribution < -0.4 is 31.3 Å². The summed E-state index contributed by atoms with van der Waals surface area (Å²) in [6.07, 6.45) is 3.60. The number of rotatable bonds is 13. The van der Waals surface area contributed by atoms with Crippen molar-refractivity contribution in [2.75, 3.05) is 6.61 Å². The van der Waals surface area contributed by atoms with Crippen molar-refractivity contribution >= 4 is 35.5 Å². The predicted octanol–water partition coefficient (Wildman–Crippen LogP) is 4.55. The summed E-state index contributed by atoms with van der Waals surface area (Å²) in [6, 6.07) is 39.3. The standard InChI is InChI=1S/C53H52N6O8/c60-48-34-67-42-23-18-38(19-24-42)31-46(52(64)59-47(53(65)66)33-36-12-6-2-7-13-36)57-49(61)43(25-20-35-10-4-1-5-11-35)56-51(63)45(58-50(62)44(55-48)32-39-26-28-54-29-27-39)30-37-16-21-41(22-17-37)40-14-8-3-9-15-40/h1-19,21-24,26-29,43-47H,20,25,30-34H2,(H,55,60)(H,56,63)(H,57,61)(H,58,62)(H,59,64)(H,65,66)/t43-,44-,45+,46-,47+/m0/s1. The predicted molar refractivity (Wildman–Crippen MR) is 251 cm³/mol. The number of hydrogen-bond donors (Lipinski definition) is 6. The SMILES string of the molecule is O=C1COc2ccc(cc2)C[C@@H](C(=O)N[C@H](Cc2ccccc2)C(=O)O)NC(=O)[C@H](CCc2ccccc2)NC(=O)[C@@H](Cc2ccc(-c3ccccc3)cc2)NC(=O)[C@H](Cc2ccncc2)N1. The zero-order valence-corrected chi connectivity index (χ0v) is 36.7. The molecule has 0 fully saturated rings. The summed E-state index contributed by atoms with van der Waals surface area (Å²) in [5, 5.41) is 24.2. The highest BCUT2D eigenvalue weighted by molar-refractivity contribution is 5.96. The van der Waals surface area contributed by atoms with Gasteiger partial charge in [-0.1, -0.05) is 127 Å². The van der Waals surface area contributed by atoms with Gasteiger partial charge >= 0.3 is 5.97 Å². The van der Waals surface area contributed by atoms with Crippen LogP contribution in [0.25, 0.3) is 11.1 Å². The molecule has 6 N–H and O–H groups in total. The Morgan fingerprint density at radius 1 is 0.597 bits per heavy atom. The van der Waals surface area contributed by atoms with Crippen molar-refractivity contribution in [3.63, 3.8) is 0 Å². The van der Waals surface area contributed by atoms with Crippen molar-refractivity contribution < 1.29 is 38.6 Å². The third-order valence-corrected chi connectivity index (χ3v) is 11.4. The molecule has 0 radical (unpaired) electrons. The van der Waals surface area contributed by atoms with Crippen molar-refractivity contribution in [2.45, 2.75) is 68.7 Å². The molecule has 2 aliphatic rings. The first-order chi connectivity index (χ1) is 32.6. The third kappa shape index (κ3) is 13.9. The highest BCUT2D eigenvalue weighted by atomic mass is 16.5. The van der Waals surface area contributed by atoms with Gasteiger partial charge in [0, 0.05) is 38.1 Å². The molecule has 1 aromatic heterocycles. The Balaban J connectivity index is 1.22. The van der Waals surface area contributed by atoms with Crippen LogP contribution in [0.2, 0.25) is 0 Å². The number of carboxylic acid groups (broad SMARTS) is 1. The topological polar surface area (TPSA) is 205 Å². The van der Waals surface area contributed by atoms with E-state index in [0.717, 1.165) is 16.7 Å². The number of benzene rings is 5. The van der Waals surface area contributed by atoms with E-state index in [1.54, 1.807) is 79.1 Å². The molecular formula is C53H52N6O8. The van der Waals surface area contributed by atoms with Gasteiger partial charge in [-0.05, 0) is 76.1 Å². The molecule has 6 aromatic rings. The number of carbonyl (C=O) groups excluding carboxylic acids is 5. The summed E-state index contributed by atoms with van der Waals surface area (Å²) in [5.74, 6) is -4.32. The fourth-order valence-electron chi connectivity index (χ4n) is 7.79. The summed E-state index contributed by atoms with van der Waals surface area (Å²) in [5.41, 5.74) is 5.51. The van der Waals surface area contributed by atoms with E-state index in [1.165, 1.54) is 0 Å². The van der Waals surface area contributed by atoms with Crippen LogP contribution in [-0.2, 0) is 60.9 Å². The number of carboxylic acids is 1. The lowest BCUT2D eigenvalue weighted by atomic mass is 9.98. The number of aryl methyl sites for hydroxylation is 1. The maximum atomic E-state index is 14.7. The monoisotopic (exact) mass is 900 g/mol. The Bertz CT molecular complexity index is 2600. The lowest BCUT2D eigenvalue weighted by Gasteiger charge is -2.27. The van der Waals surface area contributed by atoms with E-state index in [2.05, 4.69) is 31.6 Å². The van der Waals surface area contributed by atoms with Crippen LogP contribution in [0.5, 0.6) is 5.75 Å². The first kappa shape index (κ1) is 46.9. The normalized spacial score (nSPS) is 18.6. The average Bonchev–Trinajstić information content (AvgIpc) is 3.35. The molecule has 5 amide bonds. The molecule has 5 atom stereocenters. The van der Waals surface area contributed by atoms with Gasteiger partial charge in [0.25, 0.3) is 5.91 Å².